The van der Waals surface area contributed by atoms with Crippen LogP contribution in [0.25, 0.3) is 22.0 Å². The van der Waals surface area contributed by atoms with Crippen molar-refractivity contribution in [3.63, 3.8) is 0 Å². The molecular formula is C34H32F2N4O2. The van der Waals surface area contributed by atoms with E-state index in [2.05, 4.69) is 10.3 Å². The van der Waals surface area contributed by atoms with E-state index in [4.69, 9.17) is 5.73 Å². The summed E-state index contributed by atoms with van der Waals surface area (Å²) in [6.45, 7) is 3.30. The molecule has 0 aliphatic carbocycles. The Balaban J connectivity index is 1.32. The number of hydrogen-bond donors (Lipinski definition) is 4. The summed E-state index contributed by atoms with van der Waals surface area (Å²) in [5, 5.41) is 14.5. The molecule has 0 bridgehead atoms. The first kappa shape index (κ1) is 27.5. The van der Waals surface area contributed by atoms with E-state index >= 15 is 4.39 Å². The van der Waals surface area contributed by atoms with Gasteiger partial charge in [-0.1, -0.05) is 30.3 Å². The fourth-order valence-corrected chi connectivity index (χ4v) is 5.71. The van der Waals surface area contributed by atoms with Crippen LogP contribution in [0.2, 0.25) is 0 Å². The SMILES string of the molecule is Cc1cc(C(=O)NC(c2cc3ccccc3[nH]2)c2cc(F)ccc2O)cc(-c2ccc(N3CCC(N)CC3)c(F)c2)c1. The van der Waals surface area contributed by atoms with Crippen LogP contribution in [0.1, 0.15) is 46.1 Å². The van der Waals surface area contributed by atoms with Crippen molar-refractivity contribution < 1.29 is 18.7 Å². The van der Waals surface area contributed by atoms with Crippen LogP contribution >= 0.6 is 0 Å². The van der Waals surface area contributed by atoms with Gasteiger partial charge in [0, 0.05) is 41.5 Å². The van der Waals surface area contributed by atoms with Gasteiger partial charge in [-0.3, -0.25) is 4.79 Å². The average Bonchev–Trinajstić information content (AvgIpc) is 3.41. The van der Waals surface area contributed by atoms with Crippen molar-refractivity contribution in [2.24, 2.45) is 5.73 Å². The Morgan fingerprint density at radius 1 is 0.976 bits per heavy atom. The number of phenols is 1. The van der Waals surface area contributed by atoms with Gasteiger partial charge in [-0.15, -0.1) is 0 Å². The van der Waals surface area contributed by atoms with Gasteiger partial charge in [0.05, 0.1) is 11.7 Å². The van der Waals surface area contributed by atoms with E-state index in [9.17, 15) is 14.3 Å². The first-order valence-electron chi connectivity index (χ1n) is 14.0. The van der Waals surface area contributed by atoms with Crippen LogP contribution in [0.4, 0.5) is 14.5 Å². The number of fused-ring (bicyclic) bond motifs is 1. The molecule has 1 aliphatic heterocycles. The first-order chi connectivity index (χ1) is 20.2. The van der Waals surface area contributed by atoms with Crippen molar-refractivity contribution in [2.45, 2.75) is 31.8 Å². The third-order valence-corrected chi connectivity index (χ3v) is 7.94. The summed E-state index contributed by atoms with van der Waals surface area (Å²) >= 11 is 0. The van der Waals surface area contributed by atoms with Gasteiger partial charge in [0.2, 0.25) is 0 Å². The number of aromatic amines is 1. The van der Waals surface area contributed by atoms with Crippen LogP contribution in [-0.2, 0) is 0 Å². The van der Waals surface area contributed by atoms with Crippen LogP contribution in [-0.4, -0.2) is 35.1 Å². The number of hydrogen-bond acceptors (Lipinski definition) is 4. The summed E-state index contributed by atoms with van der Waals surface area (Å²) in [6.07, 6.45) is 1.65. The molecule has 8 heteroatoms. The maximum absolute atomic E-state index is 15.3. The summed E-state index contributed by atoms with van der Waals surface area (Å²) in [5.74, 6) is -1.42. The molecule has 0 spiro atoms. The molecule has 5 aromatic rings. The lowest BCUT2D eigenvalue weighted by Gasteiger charge is -2.32. The van der Waals surface area contributed by atoms with E-state index in [0.29, 0.717) is 41.2 Å². The van der Waals surface area contributed by atoms with E-state index < -0.39 is 17.8 Å². The fraction of sp³-hybridized carbons (Fsp3) is 0.206. The number of benzene rings is 4. The maximum Gasteiger partial charge on any atom is 0.252 e. The Morgan fingerprint density at radius 2 is 1.76 bits per heavy atom. The molecule has 1 fully saturated rings. The number of aryl methyl sites for hydroxylation is 1. The van der Waals surface area contributed by atoms with Crippen molar-refractivity contribution in [1.82, 2.24) is 10.3 Å². The highest BCUT2D eigenvalue weighted by Gasteiger charge is 2.24. The second-order valence-electron chi connectivity index (χ2n) is 11.0. The molecule has 42 heavy (non-hydrogen) atoms. The minimum atomic E-state index is -0.862. The molecule has 1 atom stereocenters. The lowest BCUT2D eigenvalue weighted by molar-refractivity contribution is 0.0942. The summed E-state index contributed by atoms with van der Waals surface area (Å²) in [5.41, 5.74) is 10.7. The van der Waals surface area contributed by atoms with Gasteiger partial charge in [0.15, 0.2) is 0 Å². The summed E-state index contributed by atoms with van der Waals surface area (Å²) in [6, 6.07) is 22.9. The number of phenolic OH excluding ortho intramolecular Hbond substituents is 1. The van der Waals surface area contributed by atoms with Gasteiger partial charge in [-0.2, -0.15) is 0 Å². The highest BCUT2D eigenvalue weighted by Crippen LogP contribution is 2.33. The Bertz CT molecular complexity index is 1740. The molecule has 0 saturated carbocycles. The molecule has 2 heterocycles. The number of carbonyl (C=O) groups is 1. The number of amides is 1. The van der Waals surface area contributed by atoms with Crippen molar-refractivity contribution in [3.8, 4) is 16.9 Å². The zero-order chi connectivity index (χ0) is 29.4. The molecule has 5 N–H and O–H groups in total. The third-order valence-electron chi connectivity index (χ3n) is 7.94. The second kappa shape index (κ2) is 11.3. The molecule has 4 aromatic carbocycles. The molecule has 1 amide bonds. The predicted octanol–water partition coefficient (Wildman–Crippen LogP) is 6.57. The Labute approximate surface area is 242 Å². The van der Waals surface area contributed by atoms with E-state index in [-0.39, 0.29) is 23.2 Å². The largest absolute Gasteiger partial charge is 0.508 e. The van der Waals surface area contributed by atoms with Crippen LogP contribution in [0.3, 0.4) is 0 Å². The molecule has 1 aromatic heterocycles. The number of aromatic nitrogens is 1. The van der Waals surface area contributed by atoms with Gasteiger partial charge in [0.1, 0.15) is 17.4 Å². The maximum atomic E-state index is 15.3. The van der Waals surface area contributed by atoms with Gasteiger partial charge >= 0.3 is 0 Å². The van der Waals surface area contributed by atoms with Crippen molar-refractivity contribution in [2.75, 3.05) is 18.0 Å². The van der Waals surface area contributed by atoms with E-state index in [1.54, 1.807) is 18.2 Å². The number of aromatic hydroxyl groups is 1. The Hall–Kier alpha value is -4.69. The van der Waals surface area contributed by atoms with Gasteiger partial charge < -0.3 is 26.0 Å². The summed E-state index contributed by atoms with van der Waals surface area (Å²) in [4.78, 5) is 19.0. The molecule has 1 unspecified atom stereocenters. The number of rotatable bonds is 6. The number of para-hydroxylation sites is 1. The summed E-state index contributed by atoms with van der Waals surface area (Å²) < 4.78 is 29.6. The third kappa shape index (κ3) is 5.58. The monoisotopic (exact) mass is 566 g/mol. The molecule has 6 nitrogen and oxygen atoms in total. The second-order valence-corrected chi connectivity index (χ2v) is 11.0. The van der Waals surface area contributed by atoms with Crippen LogP contribution in [0.5, 0.6) is 5.75 Å². The predicted molar refractivity (Wildman–Crippen MR) is 162 cm³/mol. The van der Waals surface area contributed by atoms with Crippen molar-refractivity contribution >= 4 is 22.5 Å². The number of H-pyrrole nitrogens is 1. The Kier molecular flexibility index (Phi) is 7.39. The standard InChI is InChI=1S/C34H32F2N4O2/c1-20-14-23(21-6-8-31(28(36)17-21)40-12-10-26(37)11-13-40)16-24(15-20)34(42)39-33(27-19-25(35)7-9-32(27)41)30-18-22-4-2-3-5-29(22)38-30/h2-9,14-19,26,33,38,41H,10-13,37H2,1H3,(H,39,42). The van der Waals surface area contributed by atoms with Crippen molar-refractivity contribution in [1.29, 1.82) is 0 Å². The number of anilines is 1. The molecule has 214 valence electrons. The zero-order valence-corrected chi connectivity index (χ0v) is 23.2. The fourth-order valence-electron chi connectivity index (χ4n) is 5.71. The van der Waals surface area contributed by atoms with Crippen LogP contribution in [0.15, 0.2) is 84.9 Å². The van der Waals surface area contributed by atoms with Crippen molar-refractivity contribution in [3.05, 3.63) is 119 Å². The normalized spacial score (nSPS) is 14.7. The highest BCUT2D eigenvalue weighted by molar-refractivity contribution is 5.96. The minimum Gasteiger partial charge on any atom is -0.508 e. The van der Waals surface area contributed by atoms with Crippen LogP contribution in [0, 0.1) is 18.6 Å². The lowest BCUT2D eigenvalue weighted by Crippen LogP contribution is -2.40. The van der Waals surface area contributed by atoms with Gasteiger partial charge in [0.25, 0.3) is 5.91 Å². The average molecular weight is 567 g/mol. The van der Waals surface area contributed by atoms with Gasteiger partial charge in [-0.05, 0) is 96.4 Å². The van der Waals surface area contributed by atoms with E-state index in [1.165, 1.54) is 24.3 Å². The number of halogens is 2. The zero-order valence-electron chi connectivity index (χ0n) is 23.2. The molecule has 1 saturated heterocycles. The van der Waals surface area contributed by atoms with Crippen LogP contribution < -0.4 is 16.0 Å². The lowest BCUT2D eigenvalue weighted by atomic mass is 9.97. The van der Waals surface area contributed by atoms with E-state index in [1.807, 2.05) is 54.3 Å². The number of carbonyl (C=O) groups excluding carboxylic acids is 1. The Morgan fingerprint density at radius 3 is 2.52 bits per heavy atom. The number of nitrogens with two attached hydrogens (primary N) is 1. The smallest absolute Gasteiger partial charge is 0.252 e. The quantitative estimate of drug-likeness (QED) is 0.187. The number of nitrogens with one attached hydrogen (secondary N) is 2. The highest BCUT2D eigenvalue weighted by atomic mass is 19.1. The van der Waals surface area contributed by atoms with E-state index in [0.717, 1.165) is 29.3 Å². The summed E-state index contributed by atoms with van der Waals surface area (Å²) in [7, 11) is 0. The molecule has 6 rings (SSSR count). The molecule has 1 aliphatic rings. The first-order valence-corrected chi connectivity index (χ1v) is 14.0. The van der Waals surface area contributed by atoms with Gasteiger partial charge in [-0.25, -0.2) is 8.78 Å². The topological polar surface area (TPSA) is 94.4 Å². The number of nitrogens with zero attached hydrogens (tertiary/aromatic N) is 1. The minimum absolute atomic E-state index is 0.142. The number of piperidine rings is 1. The molecule has 0 radical (unpaired) electrons. The molecular weight excluding hydrogens is 534 g/mol.